The number of rotatable bonds is 5. The highest BCUT2D eigenvalue weighted by Gasteiger charge is 2.13. The standard InChI is InChI=1S/C18H16N2OS/c21-18(20-12-9-15-8-4-5-11-19-15)17-16(10-13-22-17)14-6-2-1-3-7-14/h1-8,10-11,13H,9,12H2,(H,20,21). The van der Waals surface area contributed by atoms with E-state index in [-0.39, 0.29) is 5.91 Å². The van der Waals surface area contributed by atoms with E-state index in [4.69, 9.17) is 0 Å². The zero-order valence-corrected chi connectivity index (χ0v) is 12.8. The maximum absolute atomic E-state index is 12.4. The lowest BCUT2D eigenvalue weighted by Gasteiger charge is -2.06. The van der Waals surface area contributed by atoms with Crippen LogP contribution in [0.15, 0.2) is 66.2 Å². The van der Waals surface area contributed by atoms with E-state index in [9.17, 15) is 4.79 Å². The third kappa shape index (κ3) is 3.40. The number of nitrogens with zero attached hydrogens (tertiary/aromatic N) is 1. The normalized spacial score (nSPS) is 10.4. The number of carbonyl (C=O) groups is 1. The zero-order chi connectivity index (χ0) is 15.2. The maximum atomic E-state index is 12.4. The van der Waals surface area contributed by atoms with E-state index in [0.29, 0.717) is 6.54 Å². The summed E-state index contributed by atoms with van der Waals surface area (Å²) >= 11 is 1.47. The fourth-order valence-corrected chi connectivity index (χ4v) is 3.09. The molecule has 0 atom stereocenters. The van der Waals surface area contributed by atoms with Crippen LogP contribution in [0.1, 0.15) is 15.4 Å². The first-order valence-corrected chi connectivity index (χ1v) is 8.03. The van der Waals surface area contributed by atoms with Gasteiger partial charge in [0.05, 0.1) is 4.88 Å². The van der Waals surface area contributed by atoms with Crippen molar-refractivity contribution in [2.24, 2.45) is 0 Å². The highest BCUT2D eigenvalue weighted by Crippen LogP contribution is 2.27. The average molecular weight is 308 g/mol. The van der Waals surface area contributed by atoms with Crippen LogP contribution in [0.3, 0.4) is 0 Å². The minimum absolute atomic E-state index is 0.0233. The van der Waals surface area contributed by atoms with Crippen LogP contribution in [-0.2, 0) is 6.42 Å². The molecule has 0 unspecified atom stereocenters. The van der Waals surface area contributed by atoms with Gasteiger partial charge in [-0.05, 0) is 29.1 Å². The van der Waals surface area contributed by atoms with Gasteiger partial charge in [0.1, 0.15) is 0 Å². The van der Waals surface area contributed by atoms with Gasteiger partial charge < -0.3 is 5.32 Å². The molecule has 0 aliphatic rings. The molecular formula is C18H16N2OS. The number of carbonyl (C=O) groups excluding carboxylic acids is 1. The third-order valence-corrected chi connectivity index (χ3v) is 4.26. The topological polar surface area (TPSA) is 42.0 Å². The Morgan fingerprint density at radius 2 is 1.86 bits per heavy atom. The molecule has 0 spiro atoms. The Hall–Kier alpha value is -2.46. The zero-order valence-electron chi connectivity index (χ0n) is 12.0. The molecule has 3 nitrogen and oxygen atoms in total. The van der Waals surface area contributed by atoms with Crippen LogP contribution in [0.2, 0.25) is 0 Å². The van der Waals surface area contributed by atoms with Crippen LogP contribution in [0, 0.1) is 0 Å². The molecule has 0 saturated heterocycles. The van der Waals surface area contributed by atoms with Crippen molar-refractivity contribution in [1.82, 2.24) is 10.3 Å². The van der Waals surface area contributed by atoms with Crippen LogP contribution in [-0.4, -0.2) is 17.4 Å². The van der Waals surface area contributed by atoms with Gasteiger partial charge in [-0.2, -0.15) is 0 Å². The molecule has 0 aliphatic heterocycles. The summed E-state index contributed by atoms with van der Waals surface area (Å²) < 4.78 is 0. The number of benzene rings is 1. The number of nitrogens with one attached hydrogen (secondary N) is 1. The van der Waals surface area contributed by atoms with Crippen LogP contribution in [0.25, 0.3) is 11.1 Å². The van der Waals surface area contributed by atoms with Gasteiger partial charge in [0.25, 0.3) is 5.91 Å². The molecule has 1 amide bonds. The summed E-state index contributed by atoms with van der Waals surface area (Å²) in [5.74, 6) is -0.0233. The summed E-state index contributed by atoms with van der Waals surface area (Å²) in [4.78, 5) is 17.4. The number of thiophene rings is 1. The van der Waals surface area contributed by atoms with Crippen molar-refractivity contribution in [3.8, 4) is 11.1 Å². The van der Waals surface area contributed by atoms with Crippen LogP contribution in [0.5, 0.6) is 0 Å². The highest BCUT2D eigenvalue weighted by molar-refractivity contribution is 7.12. The molecule has 0 radical (unpaired) electrons. The Labute approximate surface area is 133 Å². The van der Waals surface area contributed by atoms with Crippen LogP contribution in [0.4, 0.5) is 0 Å². The predicted molar refractivity (Wildman–Crippen MR) is 90.0 cm³/mol. The molecule has 110 valence electrons. The number of hydrogen-bond acceptors (Lipinski definition) is 3. The van der Waals surface area contributed by atoms with Gasteiger partial charge >= 0.3 is 0 Å². The largest absolute Gasteiger partial charge is 0.351 e. The van der Waals surface area contributed by atoms with Gasteiger partial charge in [0, 0.05) is 30.4 Å². The lowest BCUT2D eigenvalue weighted by molar-refractivity contribution is 0.0958. The van der Waals surface area contributed by atoms with Gasteiger partial charge in [0.2, 0.25) is 0 Å². The lowest BCUT2D eigenvalue weighted by atomic mass is 10.1. The molecule has 0 fully saturated rings. The van der Waals surface area contributed by atoms with Gasteiger partial charge in [-0.15, -0.1) is 11.3 Å². The fourth-order valence-electron chi connectivity index (χ4n) is 2.26. The van der Waals surface area contributed by atoms with Gasteiger partial charge in [-0.3, -0.25) is 9.78 Å². The van der Waals surface area contributed by atoms with E-state index in [2.05, 4.69) is 10.3 Å². The van der Waals surface area contributed by atoms with Crippen molar-refractivity contribution in [3.63, 3.8) is 0 Å². The molecule has 4 heteroatoms. The predicted octanol–water partition coefficient (Wildman–Crippen LogP) is 3.78. The first kappa shape index (κ1) is 14.5. The number of hydrogen-bond donors (Lipinski definition) is 1. The Morgan fingerprint density at radius 1 is 1.05 bits per heavy atom. The van der Waals surface area contributed by atoms with E-state index < -0.39 is 0 Å². The molecule has 2 heterocycles. The Morgan fingerprint density at radius 3 is 2.64 bits per heavy atom. The van der Waals surface area contributed by atoms with Gasteiger partial charge in [0.15, 0.2) is 0 Å². The number of amides is 1. The smallest absolute Gasteiger partial charge is 0.261 e. The SMILES string of the molecule is O=C(NCCc1ccccn1)c1sccc1-c1ccccc1. The van der Waals surface area contributed by atoms with E-state index in [1.165, 1.54) is 11.3 Å². The molecule has 0 bridgehead atoms. The van der Waals surface area contributed by atoms with Crippen molar-refractivity contribution in [2.75, 3.05) is 6.54 Å². The molecule has 3 rings (SSSR count). The average Bonchev–Trinajstić information content (AvgIpc) is 3.06. The van der Waals surface area contributed by atoms with E-state index in [0.717, 1.165) is 28.1 Å². The summed E-state index contributed by atoms with van der Waals surface area (Å²) in [5.41, 5.74) is 3.04. The third-order valence-electron chi connectivity index (χ3n) is 3.35. The molecule has 1 N–H and O–H groups in total. The quantitative estimate of drug-likeness (QED) is 0.779. The maximum Gasteiger partial charge on any atom is 0.261 e. The second-order valence-corrected chi connectivity index (χ2v) is 5.77. The van der Waals surface area contributed by atoms with Crippen molar-refractivity contribution in [1.29, 1.82) is 0 Å². The Balaban J connectivity index is 1.65. The second-order valence-electron chi connectivity index (χ2n) is 4.86. The summed E-state index contributed by atoms with van der Waals surface area (Å²) in [5, 5.41) is 4.93. The van der Waals surface area contributed by atoms with Gasteiger partial charge in [-0.25, -0.2) is 0 Å². The number of pyridine rings is 1. The monoisotopic (exact) mass is 308 g/mol. The van der Waals surface area contributed by atoms with Crippen molar-refractivity contribution in [3.05, 3.63) is 76.7 Å². The molecular weight excluding hydrogens is 292 g/mol. The van der Waals surface area contributed by atoms with Crippen LogP contribution >= 0.6 is 11.3 Å². The minimum Gasteiger partial charge on any atom is -0.351 e. The molecule has 1 aromatic carbocycles. The first-order chi connectivity index (χ1) is 10.8. The summed E-state index contributed by atoms with van der Waals surface area (Å²) in [6, 6.07) is 17.8. The fraction of sp³-hybridized carbons (Fsp3) is 0.111. The summed E-state index contributed by atoms with van der Waals surface area (Å²) in [7, 11) is 0. The van der Waals surface area contributed by atoms with Crippen molar-refractivity contribution >= 4 is 17.2 Å². The van der Waals surface area contributed by atoms with Gasteiger partial charge in [-0.1, -0.05) is 36.4 Å². The Kier molecular flexibility index (Phi) is 4.61. The molecule has 22 heavy (non-hydrogen) atoms. The Bertz CT molecular complexity index is 738. The van der Waals surface area contributed by atoms with E-state index >= 15 is 0 Å². The molecule has 2 aromatic heterocycles. The summed E-state index contributed by atoms with van der Waals surface area (Å²) in [6.45, 7) is 0.585. The van der Waals surface area contributed by atoms with Crippen LogP contribution < -0.4 is 5.32 Å². The highest BCUT2D eigenvalue weighted by atomic mass is 32.1. The lowest BCUT2D eigenvalue weighted by Crippen LogP contribution is -2.25. The molecule has 3 aromatic rings. The first-order valence-electron chi connectivity index (χ1n) is 7.15. The van der Waals surface area contributed by atoms with Crippen molar-refractivity contribution in [2.45, 2.75) is 6.42 Å². The second kappa shape index (κ2) is 7.00. The molecule has 0 aliphatic carbocycles. The van der Waals surface area contributed by atoms with E-state index in [1.54, 1.807) is 6.20 Å². The van der Waals surface area contributed by atoms with Crippen molar-refractivity contribution < 1.29 is 4.79 Å². The van der Waals surface area contributed by atoms with E-state index in [1.807, 2.05) is 60.0 Å². The molecule has 0 saturated carbocycles. The number of aromatic nitrogens is 1. The minimum atomic E-state index is -0.0233. The summed E-state index contributed by atoms with van der Waals surface area (Å²) in [6.07, 6.45) is 2.50.